The highest BCUT2D eigenvalue weighted by atomic mass is 28.4. The number of ether oxygens (including phenoxy) is 1. The van der Waals surface area contributed by atoms with E-state index in [2.05, 4.69) is 0 Å². The lowest BCUT2D eigenvalue weighted by atomic mass is 10.6. The van der Waals surface area contributed by atoms with Gasteiger partial charge in [-0.1, -0.05) is 0 Å². The minimum absolute atomic E-state index is 0.0590. The van der Waals surface area contributed by atoms with Crippen LogP contribution in [-0.4, -0.2) is 48.2 Å². The molecule has 0 aliphatic rings. The standard InChI is InChI=1S/C12H22O8Si2/c1-10(14)18-21(19-11(2)15)6-5-7-22(4,9-17-8-13)20-12(3)16/h8,21H,5-7,9H2,1-4H3. The first-order valence-electron chi connectivity index (χ1n) is 6.78. The minimum atomic E-state index is -2.54. The fraction of sp³-hybridized carbons (Fsp3) is 0.667. The number of hydrogen-bond acceptors (Lipinski definition) is 8. The van der Waals surface area contributed by atoms with Gasteiger partial charge < -0.3 is 18.0 Å². The Morgan fingerprint density at radius 1 is 1.05 bits per heavy atom. The maximum atomic E-state index is 11.1. The van der Waals surface area contributed by atoms with Crippen molar-refractivity contribution in [2.45, 2.75) is 45.8 Å². The molecule has 8 nitrogen and oxygen atoms in total. The van der Waals surface area contributed by atoms with Crippen molar-refractivity contribution in [3.8, 4) is 0 Å². The lowest BCUT2D eigenvalue weighted by Gasteiger charge is -2.25. The van der Waals surface area contributed by atoms with Crippen molar-refractivity contribution < 1.29 is 37.2 Å². The van der Waals surface area contributed by atoms with Crippen LogP contribution in [0.2, 0.25) is 18.6 Å². The van der Waals surface area contributed by atoms with Crippen LogP contribution in [0.15, 0.2) is 0 Å². The monoisotopic (exact) mass is 350 g/mol. The first kappa shape index (κ1) is 20.3. The van der Waals surface area contributed by atoms with Gasteiger partial charge in [0.25, 0.3) is 32.7 Å². The van der Waals surface area contributed by atoms with Crippen molar-refractivity contribution in [3.63, 3.8) is 0 Å². The van der Waals surface area contributed by atoms with E-state index in [1.54, 1.807) is 6.55 Å². The van der Waals surface area contributed by atoms with Crippen LogP contribution >= 0.6 is 0 Å². The Hall–Kier alpha value is -1.69. The fourth-order valence-corrected chi connectivity index (χ4v) is 6.21. The predicted octanol–water partition coefficient (Wildman–Crippen LogP) is 0.574. The summed E-state index contributed by atoms with van der Waals surface area (Å²) in [6.07, 6.45) is 0.596. The third-order valence-electron chi connectivity index (χ3n) is 2.59. The molecular weight excluding hydrogens is 328 g/mol. The van der Waals surface area contributed by atoms with Crippen LogP contribution in [-0.2, 0) is 37.2 Å². The van der Waals surface area contributed by atoms with Crippen LogP contribution in [0.1, 0.15) is 27.2 Å². The molecule has 0 saturated carbocycles. The van der Waals surface area contributed by atoms with Gasteiger partial charge in [-0.25, -0.2) is 0 Å². The molecule has 0 amide bonds. The second-order valence-electron chi connectivity index (χ2n) is 4.99. The molecule has 1 unspecified atom stereocenters. The van der Waals surface area contributed by atoms with Gasteiger partial charge in [0, 0.05) is 26.8 Å². The molecule has 0 aliphatic heterocycles. The van der Waals surface area contributed by atoms with E-state index >= 15 is 0 Å². The van der Waals surface area contributed by atoms with E-state index in [4.69, 9.17) is 18.0 Å². The maximum absolute atomic E-state index is 11.1. The predicted molar refractivity (Wildman–Crippen MR) is 80.3 cm³/mol. The average Bonchev–Trinajstić information content (AvgIpc) is 2.33. The first-order valence-corrected chi connectivity index (χ1v) is 11.4. The molecule has 0 rings (SSSR count). The number of carbonyl (C=O) groups excluding carboxylic acids is 4. The Morgan fingerprint density at radius 2 is 1.59 bits per heavy atom. The summed E-state index contributed by atoms with van der Waals surface area (Å²) >= 11 is 0. The van der Waals surface area contributed by atoms with Gasteiger partial charge in [-0.2, -0.15) is 0 Å². The Bertz CT molecular complexity index is 398. The smallest absolute Gasteiger partial charge is 0.448 e. The second kappa shape index (κ2) is 10.1. The summed E-state index contributed by atoms with van der Waals surface area (Å²) < 4.78 is 20.1. The average molecular weight is 350 g/mol. The molecule has 0 aliphatic carbocycles. The van der Waals surface area contributed by atoms with Gasteiger partial charge in [-0.05, 0) is 19.0 Å². The number of hydrogen-bond donors (Lipinski definition) is 0. The molecule has 0 radical (unpaired) electrons. The fourth-order valence-electron chi connectivity index (χ4n) is 1.86. The van der Waals surface area contributed by atoms with Gasteiger partial charge in [-0.3, -0.25) is 19.2 Å². The van der Waals surface area contributed by atoms with Crippen LogP contribution in [0.25, 0.3) is 0 Å². The van der Waals surface area contributed by atoms with Gasteiger partial charge >= 0.3 is 9.28 Å². The van der Waals surface area contributed by atoms with Crippen LogP contribution in [0.4, 0.5) is 0 Å². The van der Waals surface area contributed by atoms with Crippen molar-refractivity contribution in [2.75, 3.05) is 6.23 Å². The lowest BCUT2D eigenvalue weighted by molar-refractivity contribution is -0.138. The highest BCUT2D eigenvalue weighted by Gasteiger charge is 2.34. The quantitative estimate of drug-likeness (QED) is 0.416. The zero-order valence-electron chi connectivity index (χ0n) is 13.2. The molecule has 0 N–H and O–H groups in total. The molecule has 0 aromatic carbocycles. The van der Waals surface area contributed by atoms with Crippen molar-refractivity contribution >= 4 is 42.0 Å². The molecule has 1 atom stereocenters. The Balaban J connectivity index is 4.53. The van der Waals surface area contributed by atoms with E-state index < -0.39 is 35.5 Å². The Morgan fingerprint density at radius 3 is 2.00 bits per heavy atom. The SMILES string of the molecule is CC(=O)O[SiH](CCC[Si](C)(COC=O)OC(C)=O)OC(C)=O. The van der Waals surface area contributed by atoms with Crippen molar-refractivity contribution in [1.82, 2.24) is 0 Å². The molecule has 10 heteroatoms. The molecular formula is C12H22O8Si2. The number of rotatable bonds is 10. The molecule has 0 heterocycles. The highest BCUT2D eigenvalue weighted by Crippen LogP contribution is 2.18. The summed E-state index contributed by atoms with van der Waals surface area (Å²) in [4.78, 5) is 43.4. The van der Waals surface area contributed by atoms with Crippen LogP contribution in [0, 0.1) is 0 Å². The van der Waals surface area contributed by atoms with Crippen LogP contribution < -0.4 is 0 Å². The molecule has 0 fully saturated rings. The van der Waals surface area contributed by atoms with Crippen LogP contribution in [0.5, 0.6) is 0 Å². The van der Waals surface area contributed by atoms with Crippen LogP contribution in [0.3, 0.4) is 0 Å². The van der Waals surface area contributed by atoms with E-state index in [1.165, 1.54) is 20.8 Å². The largest absolute Gasteiger partial charge is 0.516 e. The molecule has 0 spiro atoms. The van der Waals surface area contributed by atoms with E-state index in [9.17, 15) is 19.2 Å². The van der Waals surface area contributed by atoms with Gasteiger partial charge in [-0.15, -0.1) is 0 Å². The minimum Gasteiger partial charge on any atom is -0.516 e. The normalized spacial score (nSPS) is 13.0. The van der Waals surface area contributed by atoms with Gasteiger partial charge in [0.2, 0.25) is 0 Å². The summed E-state index contributed by atoms with van der Waals surface area (Å²) in [7, 11) is -4.97. The molecule has 22 heavy (non-hydrogen) atoms. The summed E-state index contributed by atoms with van der Waals surface area (Å²) in [5.74, 6) is -1.43. The van der Waals surface area contributed by atoms with E-state index in [0.29, 0.717) is 25.0 Å². The van der Waals surface area contributed by atoms with E-state index in [0.717, 1.165) is 0 Å². The van der Waals surface area contributed by atoms with E-state index in [1.807, 2.05) is 0 Å². The van der Waals surface area contributed by atoms with Crippen molar-refractivity contribution in [2.24, 2.45) is 0 Å². The Kier molecular flexibility index (Phi) is 9.33. The summed E-state index contributed by atoms with van der Waals surface area (Å²) in [5, 5.41) is 0. The Labute approximate surface area is 132 Å². The van der Waals surface area contributed by atoms with Crippen molar-refractivity contribution in [1.29, 1.82) is 0 Å². The highest BCUT2D eigenvalue weighted by molar-refractivity contribution is 6.74. The van der Waals surface area contributed by atoms with Gasteiger partial charge in [0.1, 0.15) is 6.23 Å². The molecule has 126 valence electrons. The zero-order valence-corrected chi connectivity index (χ0v) is 15.4. The maximum Gasteiger partial charge on any atom is 0.448 e. The molecule has 0 saturated heterocycles. The van der Waals surface area contributed by atoms with Gasteiger partial charge in [0.05, 0.1) is 0 Å². The topological polar surface area (TPSA) is 105 Å². The third-order valence-corrected chi connectivity index (χ3v) is 7.63. The summed E-state index contributed by atoms with van der Waals surface area (Å²) in [6.45, 7) is 5.87. The number of carbonyl (C=O) groups is 4. The second-order valence-corrected chi connectivity index (χ2v) is 10.8. The zero-order chi connectivity index (χ0) is 17.2. The summed E-state index contributed by atoms with van der Waals surface area (Å²) in [5.41, 5.74) is 0. The van der Waals surface area contributed by atoms with Crippen molar-refractivity contribution in [3.05, 3.63) is 0 Å². The third kappa shape index (κ3) is 10.1. The molecule has 0 aromatic rings. The van der Waals surface area contributed by atoms with E-state index in [-0.39, 0.29) is 6.23 Å². The van der Waals surface area contributed by atoms with Gasteiger partial charge in [0.15, 0.2) is 0 Å². The lowest BCUT2D eigenvalue weighted by Crippen LogP contribution is -2.42. The molecule has 0 aromatic heterocycles. The first-order chi connectivity index (χ1) is 10.2. The molecule has 0 bridgehead atoms. The summed E-state index contributed by atoms with van der Waals surface area (Å²) in [6, 6.07) is 0.913.